The molecule has 124 valence electrons. The molecule has 3 rings (SSSR count). The van der Waals surface area contributed by atoms with E-state index in [2.05, 4.69) is 16.0 Å². The molecule has 3 amide bonds. The molecule has 2 aliphatic rings. The minimum atomic E-state index is -0.113. The Hall–Kier alpha value is -1.69. The molecule has 1 aromatic rings. The van der Waals surface area contributed by atoms with Gasteiger partial charge in [0.25, 0.3) is 5.91 Å². The number of benzene rings is 1. The highest BCUT2D eigenvalue weighted by atomic mass is 32.2. The predicted molar refractivity (Wildman–Crippen MR) is 92.6 cm³/mol. The van der Waals surface area contributed by atoms with Crippen LogP contribution in [0.3, 0.4) is 0 Å². The van der Waals surface area contributed by atoms with Crippen LogP contribution < -0.4 is 16.0 Å². The normalized spacial score (nSPS) is 18.3. The summed E-state index contributed by atoms with van der Waals surface area (Å²) in [5.74, 6) is 2.23. The van der Waals surface area contributed by atoms with Crippen molar-refractivity contribution in [1.82, 2.24) is 16.0 Å². The first-order chi connectivity index (χ1) is 11.2. The number of hydrogen-bond donors (Lipinski definition) is 3. The number of carbonyl (C=O) groups is 2. The molecule has 6 heteroatoms. The molecule has 0 aromatic heterocycles. The van der Waals surface area contributed by atoms with Gasteiger partial charge in [-0.05, 0) is 54.9 Å². The van der Waals surface area contributed by atoms with E-state index in [0.717, 1.165) is 42.8 Å². The fraction of sp³-hybridized carbons (Fsp3) is 0.529. The lowest BCUT2D eigenvalue weighted by Gasteiger charge is -2.22. The molecule has 23 heavy (non-hydrogen) atoms. The predicted octanol–water partition coefficient (Wildman–Crippen LogP) is 2.27. The van der Waals surface area contributed by atoms with E-state index in [1.54, 1.807) is 0 Å². The Labute approximate surface area is 141 Å². The molecule has 1 aliphatic carbocycles. The van der Waals surface area contributed by atoms with E-state index in [4.69, 9.17) is 0 Å². The van der Waals surface area contributed by atoms with Crippen molar-refractivity contribution in [3.05, 3.63) is 35.4 Å². The molecular weight excluding hydrogens is 310 g/mol. The van der Waals surface area contributed by atoms with Crippen LogP contribution in [0.4, 0.5) is 4.79 Å². The second-order valence-electron chi connectivity index (χ2n) is 6.16. The van der Waals surface area contributed by atoms with Crippen LogP contribution in [0.25, 0.3) is 0 Å². The monoisotopic (exact) mass is 333 g/mol. The van der Waals surface area contributed by atoms with Gasteiger partial charge in [-0.1, -0.05) is 12.1 Å². The summed E-state index contributed by atoms with van der Waals surface area (Å²) in [5.41, 5.74) is 1.66. The molecule has 0 bridgehead atoms. The number of hydrogen-bond acceptors (Lipinski definition) is 3. The summed E-state index contributed by atoms with van der Waals surface area (Å²) in [4.78, 5) is 23.8. The Kier molecular flexibility index (Phi) is 5.43. The molecule has 1 aromatic carbocycles. The van der Waals surface area contributed by atoms with Gasteiger partial charge >= 0.3 is 6.03 Å². The van der Waals surface area contributed by atoms with Gasteiger partial charge in [-0.25, -0.2) is 4.79 Å². The summed E-state index contributed by atoms with van der Waals surface area (Å²) in [6.45, 7) is 0.470. The van der Waals surface area contributed by atoms with Crippen molar-refractivity contribution >= 4 is 23.7 Å². The number of urea groups is 1. The third-order valence-electron chi connectivity index (χ3n) is 4.14. The highest BCUT2D eigenvalue weighted by molar-refractivity contribution is 7.99. The molecule has 1 saturated carbocycles. The van der Waals surface area contributed by atoms with E-state index in [1.807, 2.05) is 36.0 Å². The topological polar surface area (TPSA) is 70.2 Å². The van der Waals surface area contributed by atoms with Gasteiger partial charge in [0.2, 0.25) is 0 Å². The van der Waals surface area contributed by atoms with Gasteiger partial charge in [-0.15, -0.1) is 0 Å². The summed E-state index contributed by atoms with van der Waals surface area (Å²) < 4.78 is 0. The average molecular weight is 333 g/mol. The lowest BCUT2D eigenvalue weighted by molar-refractivity contribution is 0.0951. The molecule has 0 unspecified atom stereocenters. The van der Waals surface area contributed by atoms with Gasteiger partial charge in [0.1, 0.15) is 0 Å². The fourth-order valence-electron chi connectivity index (χ4n) is 2.53. The van der Waals surface area contributed by atoms with Gasteiger partial charge in [-0.2, -0.15) is 11.8 Å². The average Bonchev–Trinajstić information content (AvgIpc) is 3.38. The first kappa shape index (κ1) is 16.2. The Balaban J connectivity index is 1.42. The fourth-order valence-corrected chi connectivity index (χ4v) is 3.64. The van der Waals surface area contributed by atoms with Crippen molar-refractivity contribution in [3.63, 3.8) is 0 Å². The molecule has 5 nitrogen and oxygen atoms in total. The summed E-state index contributed by atoms with van der Waals surface area (Å²) >= 11 is 1.94. The maximum atomic E-state index is 11.9. The first-order valence-corrected chi connectivity index (χ1v) is 9.38. The Bertz CT molecular complexity index is 551. The van der Waals surface area contributed by atoms with Crippen LogP contribution in [-0.2, 0) is 6.54 Å². The van der Waals surface area contributed by atoms with Crippen LogP contribution in [0.1, 0.15) is 41.6 Å². The van der Waals surface area contributed by atoms with Gasteiger partial charge in [0, 0.05) is 24.2 Å². The van der Waals surface area contributed by atoms with Crippen LogP contribution in [-0.4, -0.2) is 35.5 Å². The van der Waals surface area contributed by atoms with Crippen molar-refractivity contribution in [1.29, 1.82) is 0 Å². The molecule has 2 fully saturated rings. The van der Waals surface area contributed by atoms with Gasteiger partial charge < -0.3 is 16.0 Å². The Morgan fingerprint density at radius 1 is 0.957 bits per heavy atom. The molecule has 1 saturated heterocycles. The minimum Gasteiger partial charge on any atom is -0.349 e. The van der Waals surface area contributed by atoms with Crippen molar-refractivity contribution in [2.45, 2.75) is 44.3 Å². The largest absolute Gasteiger partial charge is 0.349 e. The number of rotatable bonds is 5. The number of thioether (sulfide) groups is 1. The Morgan fingerprint density at radius 2 is 1.61 bits per heavy atom. The van der Waals surface area contributed by atoms with Gasteiger partial charge in [0.15, 0.2) is 0 Å². The van der Waals surface area contributed by atoms with E-state index in [0.29, 0.717) is 24.2 Å². The summed E-state index contributed by atoms with van der Waals surface area (Å²) in [5, 5.41) is 8.86. The van der Waals surface area contributed by atoms with E-state index in [9.17, 15) is 9.59 Å². The zero-order valence-electron chi connectivity index (χ0n) is 13.1. The third-order valence-corrected chi connectivity index (χ3v) is 5.19. The van der Waals surface area contributed by atoms with Crippen LogP contribution >= 0.6 is 11.8 Å². The smallest absolute Gasteiger partial charge is 0.315 e. The summed E-state index contributed by atoms with van der Waals surface area (Å²) in [7, 11) is 0. The molecular formula is C17H23N3O2S. The molecule has 3 N–H and O–H groups in total. The first-order valence-electron chi connectivity index (χ1n) is 8.22. The number of amides is 3. The minimum absolute atomic E-state index is 0.0140. The van der Waals surface area contributed by atoms with Crippen LogP contribution in [0.5, 0.6) is 0 Å². The molecule has 0 atom stereocenters. The van der Waals surface area contributed by atoms with Crippen molar-refractivity contribution in [2.75, 3.05) is 11.5 Å². The zero-order chi connectivity index (χ0) is 16.1. The molecule has 1 aliphatic heterocycles. The third kappa shape index (κ3) is 5.16. The van der Waals surface area contributed by atoms with Crippen LogP contribution in [0.15, 0.2) is 24.3 Å². The van der Waals surface area contributed by atoms with E-state index in [-0.39, 0.29) is 11.9 Å². The van der Waals surface area contributed by atoms with Crippen LogP contribution in [0, 0.1) is 0 Å². The molecule has 0 spiro atoms. The highest BCUT2D eigenvalue weighted by Crippen LogP contribution is 2.19. The highest BCUT2D eigenvalue weighted by Gasteiger charge is 2.23. The van der Waals surface area contributed by atoms with Crippen LogP contribution in [0.2, 0.25) is 0 Å². The lowest BCUT2D eigenvalue weighted by atomic mass is 10.1. The zero-order valence-corrected chi connectivity index (χ0v) is 14.0. The lowest BCUT2D eigenvalue weighted by Crippen LogP contribution is -2.43. The maximum absolute atomic E-state index is 11.9. The second kappa shape index (κ2) is 7.73. The van der Waals surface area contributed by atoms with Crippen molar-refractivity contribution < 1.29 is 9.59 Å². The standard InChI is InChI=1S/C17H23N3O2S/c21-16(19-14-5-6-14)13-3-1-12(2-4-13)11-18-17(22)20-15-7-9-23-10-8-15/h1-4,14-15H,5-11H2,(H,19,21)(H2,18,20,22). The molecule has 0 radical (unpaired) electrons. The van der Waals surface area contributed by atoms with E-state index < -0.39 is 0 Å². The van der Waals surface area contributed by atoms with Gasteiger partial charge in [-0.3, -0.25) is 4.79 Å². The summed E-state index contributed by atoms with van der Waals surface area (Å²) in [6.07, 6.45) is 4.26. The Morgan fingerprint density at radius 3 is 2.26 bits per heavy atom. The van der Waals surface area contributed by atoms with Crippen molar-refractivity contribution in [3.8, 4) is 0 Å². The quantitative estimate of drug-likeness (QED) is 0.774. The van der Waals surface area contributed by atoms with E-state index in [1.165, 1.54) is 0 Å². The number of carbonyl (C=O) groups excluding carboxylic acids is 2. The SMILES string of the molecule is O=C(NCc1ccc(C(=O)NC2CC2)cc1)NC1CCSCC1. The second-order valence-corrected chi connectivity index (χ2v) is 7.38. The molecule has 1 heterocycles. The van der Waals surface area contributed by atoms with Gasteiger partial charge in [0.05, 0.1) is 0 Å². The number of nitrogens with one attached hydrogen (secondary N) is 3. The van der Waals surface area contributed by atoms with E-state index >= 15 is 0 Å². The maximum Gasteiger partial charge on any atom is 0.315 e. The summed E-state index contributed by atoms with van der Waals surface area (Å²) in [6, 6.07) is 7.95. The van der Waals surface area contributed by atoms with Crippen molar-refractivity contribution in [2.24, 2.45) is 0 Å².